The molecule has 19 heavy (non-hydrogen) atoms. The molecule has 5 heteroatoms. The van der Waals surface area contributed by atoms with E-state index in [1.165, 1.54) is 0 Å². The maximum Gasteiger partial charge on any atom is 0.224 e. The lowest BCUT2D eigenvalue weighted by atomic mass is 10.0. The Hall–Kier alpha value is -0.650. The van der Waals surface area contributed by atoms with Crippen LogP contribution in [0, 0.1) is 5.92 Å². The Balaban J connectivity index is 4.26. The van der Waals surface area contributed by atoms with Crippen LogP contribution in [0.1, 0.15) is 26.7 Å². The van der Waals surface area contributed by atoms with Crippen LogP contribution in [0.4, 0.5) is 0 Å². The van der Waals surface area contributed by atoms with Gasteiger partial charge < -0.3 is 20.3 Å². The minimum atomic E-state index is -0.0635. The first-order chi connectivity index (χ1) is 8.88. The van der Waals surface area contributed by atoms with Gasteiger partial charge in [0.25, 0.3) is 0 Å². The zero-order valence-corrected chi connectivity index (χ0v) is 13.2. The smallest absolute Gasteiger partial charge is 0.224 e. The van der Waals surface area contributed by atoms with E-state index in [1.807, 2.05) is 32.8 Å². The molecule has 0 aromatic carbocycles. The van der Waals surface area contributed by atoms with Gasteiger partial charge in [-0.3, -0.25) is 4.79 Å². The second kappa shape index (κ2) is 10.2. The Kier molecular flexibility index (Phi) is 9.83. The van der Waals surface area contributed by atoms with Gasteiger partial charge in [0.2, 0.25) is 5.91 Å². The number of carbonyl (C=O) groups excluding carboxylic acids is 1. The Morgan fingerprint density at radius 1 is 1.21 bits per heavy atom. The zero-order chi connectivity index (χ0) is 14.8. The predicted octanol–water partition coefficient (Wildman–Crippen LogP) is 0.787. The number of amides is 1. The van der Waals surface area contributed by atoms with Crippen LogP contribution in [-0.2, 0) is 9.53 Å². The van der Waals surface area contributed by atoms with Crippen LogP contribution in [0.2, 0.25) is 0 Å². The molecule has 114 valence electrons. The third-order valence-corrected chi connectivity index (χ3v) is 3.22. The van der Waals surface area contributed by atoms with E-state index in [1.54, 1.807) is 7.11 Å². The molecular weight excluding hydrogens is 242 g/mol. The minimum Gasteiger partial charge on any atom is -0.383 e. The van der Waals surface area contributed by atoms with Crippen molar-refractivity contribution in [1.82, 2.24) is 9.80 Å². The van der Waals surface area contributed by atoms with Crippen molar-refractivity contribution in [2.45, 2.75) is 32.7 Å². The summed E-state index contributed by atoms with van der Waals surface area (Å²) in [5, 5.41) is 0. The van der Waals surface area contributed by atoms with Crippen LogP contribution in [0.3, 0.4) is 0 Å². The van der Waals surface area contributed by atoms with Crippen LogP contribution in [0.15, 0.2) is 0 Å². The van der Waals surface area contributed by atoms with E-state index >= 15 is 0 Å². The molecule has 0 aliphatic carbocycles. The standard InChI is InChI=1S/C14H31N3O2/c1-12(2)13(15)11-14(18)17(9-10-19-5)8-6-7-16(3)4/h12-13H,6-11,15H2,1-5H3. The monoisotopic (exact) mass is 273 g/mol. The van der Waals surface area contributed by atoms with Gasteiger partial charge in [0, 0.05) is 32.7 Å². The highest BCUT2D eigenvalue weighted by atomic mass is 16.5. The number of hydrogen-bond donors (Lipinski definition) is 1. The van der Waals surface area contributed by atoms with Gasteiger partial charge in [0.1, 0.15) is 0 Å². The van der Waals surface area contributed by atoms with Gasteiger partial charge >= 0.3 is 0 Å². The van der Waals surface area contributed by atoms with Crippen molar-refractivity contribution >= 4 is 5.91 Å². The van der Waals surface area contributed by atoms with Crippen LogP contribution in [0.5, 0.6) is 0 Å². The molecule has 0 heterocycles. The zero-order valence-electron chi connectivity index (χ0n) is 13.2. The van der Waals surface area contributed by atoms with Crippen molar-refractivity contribution < 1.29 is 9.53 Å². The molecule has 0 rings (SSSR count). The number of hydrogen-bond acceptors (Lipinski definition) is 4. The van der Waals surface area contributed by atoms with Gasteiger partial charge in [0.05, 0.1) is 6.61 Å². The second-order valence-electron chi connectivity index (χ2n) is 5.64. The van der Waals surface area contributed by atoms with Crippen molar-refractivity contribution in [1.29, 1.82) is 0 Å². The van der Waals surface area contributed by atoms with Crippen LogP contribution in [0.25, 0.3) is 0 Å². The first-order valence-electron chi connectivity index (χ1n) is 7.05. The summed E-state index contributed by atoms with van der Waals surface area (Å²) in [5.74, 6) is 0.465. The van der Waals surface area contributed by atoms with Gasteiger partial charge in [-0.15, -0.1) is 0 Å². The van der Waals surface area contributed by atoms with E-state index < -0.39 is 0 Å². The Morgan fingerprint density at radius 2 is 1.84 bits per heavy atom. The number of nitrogens with zero attached hydrogens (tertiary/aromatic N) is 2. The average molecular weight is 273 g/mol. The molecule has 0 aliphatic rings. The molecule has 0 radical (unpaired) electrons. The predicted molar refractivity (Wildman–Crippen MR) is 79.1 cm³/mol. The molecule has 1 atom stereocenters. The largest absolute Gasteiger partial charge is 0.383 e. The lowest BCUT2D eigenvalue weighted by Crippen LogP contribution is -2.40. The lowest BCUT2D eigenvalue weighted by molar-refractivity contribution is -0.132. The third-order valence-electron chi connectivity index (χ3n) is 3.22. The van der Waals surface area contributed by atoms with Crippen LogP contribution >= 0.6 is 0 Å². The first-order valence-corrected chi connectivity index (χ1v) is 7.05. The molecule has 0 aromatic rings. The van der Waals surface area contributed by atoms with E-state index in [0.29, 0.717) is 25.5 Å². The van der Waals surface area contributed by atoms with Gasteiger partial charge in [-0.1, -0.05) is 13.8 Å². The van der Waals surface area contributed by atoms with E-state index in [2.05, 4.69) is 4.90 Å². The summed E-state index contributed by atoms with van der Waals surface area (Å²) in [5.41, 5.74) is 5.97. The molecule has 0 saturated carbocycles. The molecule has 0 saturated heterocycles. The fraction of sp³-hybridized carbons (Fsp3) is 0.929. The SMILES string of the molecule is COCCN(CCCN(C)C)C(=O)CC(N)C(C)C. The molecule has 1 amide bonds. The molecule has 5 nitrogen and oxygen atoms in total. The van der Waals surface area contributed by atoms with Gasteiger partial charge in [-0.25, -0.2) is 0 Å². The summed E-state index contributed by atoms with van der Waals surface area (Å²) in [7, 11) is 5.73. The van der Waals surface area contributed by atoms with E-state index in [9.17, 15) is 4.79 Å². The molecule has 2 N–H and O–H groups in total. The number of rotatable bonds is 10. The number of methoxy groups -OCH3 is 1. The molecular formula is C14H31N3O2. The van der Waals surface area contributed by atoms with E-state index in [-0.39, 0.29) is 11.9 Å². The van der Waals surface area contributed by atoms with Gasteiger partial charge in [-0.2, -0.15) is 0 Å². The van der Waals surface area contributed by atoms with Crippen molar-refractivity contribution in [3.8, 4) is 0 Å². The third kappa shape index (κ3) is 8.97. The number of carbonyl (C=O) groups is 1. The summed E-state index contributed by atoms with van der Waals surface area (Å²) < 4.78 is 5.07. The Morgan fingerprint density at radius 3 is 2.32 bits per heavy atom. The van der Waals surface area contributed by atoms with Gasteiger partial charge in [-0.05, 0) is 33.0 Å². The Bertz CT molecular complexity index is 245. The summed E-state index contributed by atoms with van der Waals surface area (Å²) >= 11 is 0. The number of ether oxygens (including phenoxy) is 1. The van der Waals surface area contributed by atoms with E-state index in [0.717, 1.165) is 19.5 Å². The van der Waals surface area contributed by atoms with Crippen molar-refractivity contribution in [2.75, 3.05) is 47.4 Å². The van der Waals surface area contributed by atoms with Gasteiger partial charge in [0.15, 0.2) is 0 Å². The highest BCUT2D eigenvalue weighted by Crippen LogP contribution is 2.06. The maximum absolute atomic E-state index is 12.2. The first kappa shape index (κ1) is 18.4. The van der Waals surface area contributed by atoms with E-state index in [4.69, 9.17) is 10.5 Å². The Labute approximate surface area is 118 Å². The highest BCUT2D eigenvalue weighted by Gasteiger charge is 2.18. The molecule has 0 aliphatic heterocycles. The lowest BCUT2D eigenvalue weighted by Gasteiger charge is -2.25. The van der Waals surface area contributed by atoms with Crippen molar-refractivity contribution in [3.63, 3.8) is 0 Å². The topological polar surface area (TPSA) is 58.8 Å². The summed E-state index contributed by atoms with van der Waals surface area (Å²) in [6.07, 6.45) is 1.39. The fourth-order valence-corrected chi connectivity index (χ4v) is 1.71. The second-order valence-corrected chi connectivity index (χ2v) is 5.64. The maximum atomic E-state index is 12.2. The summed E-state index contributed by atoms with van der Waals surface area (Å²) in [6, 6.07) is -0.0635. The average Bonchev–Trinajstić information content (AvgIpc) is 2.32. The van der Waals surface area contributed by atoms with Crippen LogP contribution < -0.4 is 5.73 Å². The quantitative estimate of drug-likeness (QED) is 0.639. The summed E-state index contributed by atoms with van der Waals surface area (Å²) in [4.78, 5) is 16.2. The van der Waals surface area contributed by atoms with Crippen molar-refractivity contribution in [3.05, 3.63) is 0 Å². The van der Waals surface area contributed by atoms with Crippen molar-refractivity contribution in [2.24, 2.45) is 11.7 Å². The molecule has 1 unspecified atom stereocenters. The highest BCUT2D eigenvalue weighted by molar-refractivity contribution is 5.76. The number of nitrogens with two attached hydrogens (primary N) is 1. The normalized spacial score (nSPS) is 13.1. The molecule has 0 bridgehead atoms. The minimum absolute atomic E-state index is 0.0635. The van der Waals surface area contributed by atoms with Crippen LogP contribution in [-0.4, -0.2) is 69.2 Å². The summed E-state index contributed by atoms with van der Waals surface area (Å²) in [6.45, 7) is 7.06. The molecule has 0 fully saturated rings. The molecule has 0 aromatic heterocycles. The fourth-order valence-electron chi connectivity index (χ4n) is 1.71. The molecule has 0 spiro atoms.